The molecule has 3 aliphatic heterocycles. The van der Waals surface area contributed by atoms with Gasteiger partial charge in [0.05, 0.1) is 6.54 Å². The van der Waals surface area contributed by atoms with Gasteiger partial charge in [0.1, 0.15) is 11.9 Å². The number of benzene rings is 1. The Bertz CT molecular complexity index is 526. The molecule has 4 nitrogen and oxygen atoms in total. The molecule has 1 N–H and O–H groups in total. The van der Waals surface area contributed by atoms with Gasteiger partial charge in [0.15, 0.2) is 0 Å². The maximum atomic E-state index is 12.4. The molecule has 2 fully saturated rings. The molecule has 4 rings (SSSR count). The molecule has 1 amide bonds. The average Bonchev–Trinajstić information content (AvgIpc) is 3.01. The zero-order valence-corrected chi connectivity index (χ0v) is 12.3. The molecule has 0 bridgehead atoms. The van der Waals surface area contributed by atoms with Crippen LogP contribution in [-0.4, -0.2) is 43.1 Å². The van der Waals surface area contributed by atoms with E-state index in [0.29, 0.717) is 5.91 Å². The first-order chi connectivity index (χ1) is 10.2. The Balaban J connectivity index is 1.41. The number of hydrogen-bond donors (Lipinski definition) is 1. The van der Waals surface area contributed by atoms with E-state index in [9.17, 15) is 4.79 Å². The number of nitrogens with zero attached hydrogens (tertiary/aromatic N) is 1. The van der Waals surface area contributed by atoms with Crippen molar-refractivity contribution in [3.63, 3.8) is 0 Å². The summed E-state index contributed by atoms with van der Waals surface area (Å²) < 4.78 is 5.99. The third-order valence-corrected chi connectivity index (χ3v) is 5.21. The highest BCUT2D eigenvalue weighted by molar-refractivity contribution is 5.79. The van der Waals surface area contributed by atoms with Gasteiger partial charge in [-0.05, 0) is 43.0 Å². The molecule has 0 aliphatic carbocycles. The van der Waals surface area contributed by atoms with Crippen LogP contribution < -0.4 is 10.1 Å². The van der Waals surface area contributed by atoms with Crippen molar-refractivity contribution < 1.29 is 9.53 Å². The molecule has 1 spiro atoms. The van der Waals surface area contributed by atoms with Crippen molar-refractivity contribution in [2.45, 2.75) is 31.8 Å². The van der Waals surface area contributed by atoms with Gasteiger partial charge in [-0.25, -0.2) is 0 Å². The second kappa shape index (κ2) is 5.02. The fraction of sp³-hybridized carbons (Fsp3) is 0.588. The average molecular weight is 286 g/mol. The lowest BCUT2D eigenvalue weighted by molar-refractivity contribution is -0.128. The molecular formula is C17H22N2O2. The molecule has 3 aliphatic rings. The van der Waals surface area contributed by atoms with E-state index in [1.165, 1.54) is 5.56 Å². The van der Waals surface area contributed by atoms with Crippen molar-refractivity contribution in [1.29, 1.82) is 0 Å². The maximum Gasteiger partial charge on any atom is 0.223 e. The minimum atomic E-state index is 0.128. The number of likely N-dealkylation sites (tertiary alicyclic amines) is 1. The number of carbonyl (C=O) groups is 1. The molecule has 112 valence electrons. The van der Waals surface area contributed by atoms with Crippen molar-refractivity contribution in [3.8, 4) is 5.75 Å². The normalized spacial score (nSPS) is 27.0. The molecule has 3 heterocycles. The highest BCUT2D eigenvalue weighted by Gasteiger charge is 2.44. The lowest BCUT2D eigenvalue weighted by Crippen LogP contribution is -2.40. The van der Waals surface area contributed by atoms with Crippen molar-refractivity contribution in [3.05, 3.63) is 29.8 Å². The van der Waals surface area contributed by atoms with Crippen molar-refractivity contribution >= 4 is 5.91 Å². The first-order valence-electron chi connectivity index (χ1n) is 7.97. The Labute approximate surface area is 125 Å². The molecule has 2 saturated heterocycles. The molecule has 4 heteroatoms. The van der Waals surface area contributed by atoms with Crippen LogP contribution in [0.1, 0.15) is 24.8 Å². The van der Waals surface area contributed by atoms with Gasteiger partial charge in [-0.1, -0.05) is 18.2 Å². The summed E-state index contributed by atoms with van der Waals surface area (Å²) in [7, 11) is 0. The number of ether oxygens (including phenoxy) is 1. The summed E-state index contributed by atoms with van der Waals surface area (Å²) in [6, 6.07) is 8.20. The molecule has 1 aromatic rings. The van der Waals surface area contributed by atoms with Crippen LogP contribution in [0.4, 0.5) is 0 Å². The van der Waals surface area contributed by atoms with Crippen LogP contribution in [0.5, 0.6) is 5.75 Å². The van der Waals surface area contributed by atoms with Crippen LogP contribution in [0.2, 0.25) is 0 Å². The number of carbonyl (C=O) groups excluding carboxylic acids is 1. The molecule has 1 atom stereocenters. The third-order valence-electron chi connectivity index (χ3n) is 5.21. The molecule has 1 aromatic carbocycles. The summed E-state index contributed by atoms with van der Waals surface area (Å²) in [6.07, 6.45) is 4.04. The van der Waals surface area contributed by atoms with E-state index < -0.39 is 0 Å². The van der Waals surface area contributed by atoms with Gasteiger partial charge in [0.25, 0.3) is 0 Å². The van der Waals surface area contributed by atoms with Gasteiger partial charge in [-0.2, -0.15) is 0 Å². The van der Waals surface area contributed by atoms with Crippen LogP contribution in [0.25, 0.3) is 0 Å². The minimum absolute atomic E-state index is 0.128. The number of amides is 1. The van der Waals surface area contributed by atoms with Crippen LogP contribution in [0, 0.1) is 5.41 Å². The first-order valence-corrected chi connectivity index (χ1v) is 7.97. The molecule has 0 saturated carbocycles. The van der Waals surface area contributed by atoms with E-state index in [-0.39, 0.29) is 11.5 Å². The fourth-order valence-corrected chi connectivity index (χ4v) is 4.04. The Morgan fingerprint density at radius 1 is 1.29 bits per heavy atom. The number of para-hydroxylation sites is 1. The quantitative estimate of drug-likeness (QED) is 0.898. The summed E-state index contributed by atoms with van der Waals surface area (Å²) >= 11 is 0. The van der Waals surface area contributed by atoms with E-state index >= 15 is 0 Å². The van der Waals surface area contributed by atoms with Gasteiger partial charge >= 0.3 is 0 Å². The number of hydrogen-bond acceptors (Lipinski definition) is 3. The number of rotatable bonds is 2. The second-order valence-corrected chi connectivity index (χ2v) is 6.75. The maximum absolute atomic E-state index is 12.4. The Morgan fingerprint density at radius 2 is 2.10 bits per heavy atom. The lowest BCUT2D eigenvalue weighted by atomic mass is 9.78. The summed E-state index contributed by atoms with van der Waals surface area (Å²) in [5.74, 6) is 1.31. The Hall–Kier alpha value is -1.55. The monoisotopic (exact) mass is 286 g/mol. The minimum Gasteiger partial charge on any atom is -0.488 e. The highest BCUT2D eigenvalue weighted by Crippen LogP contribution is 2.40. The van der Waals surface area contributed by atoms with Crippen molar-refractivity contribution in [2.75, 3.05) is 26.2 Å². The largest absolute Gasteiger partial charge is 0.488 e. The fourth-order valence-electron chi connectivity index (χ4n) is 4.04. The van der Waals surface area contributed by atoms with E-state index in [0.717, 1.165) is 57.6 Å². The summed E-state index contributed by atoms with van der Waals surface area (Å²) in [6.45, 7) is 3.76. The zero-order chi connectivity index (χ0) is 14.3. The van der Waals surface area contributed by atoms with Gasteiger partial charge in [0.2, 0.25) is 5.91 Å². The predicted molar refractivity (Wildman–Crippen MR) is 80.3 cm³/mol. The molecule has 0 radical (unpaired) electrons. The van der Waals surface area contributed by atoms with E-state index in [1.54, 1.807) is 0 Å². The first kappa shape index (κ1) is 13.1. The van der Waals surface area contributed by atoms with Crippen molar-refractivity contribution in [2.24, 2.45) is 5.41 Å². The van der Waals surface area contributed by atoms with Crippen LogP contribution in [-0.2, 0) is 11.2 Å². The molecule has 0 aromatic heterocycles. The number of nitrogens with one attached hydrogen (secondary N) is 1. The smallest absolute Gasteiger partial charge is 0.223 e. The van der Waals surface area contributed by atoms with Crippen molar-refractivity contribution in [1.82, 2.24) is 10.2 Å². The Kier molecular flexibility index (Phi) is 3.14. The number of fused-ring (bicyclic) bond motifs is 1. The molecule has 1 unspecified atom stereocenters. The van der Waals surface area contributed by atoms with Crippen LogP contribution in [0.15, 0.2) is 24.3 Å². The summed E-state index contributed by atoms with van der Waals surface area (Å²) in [5, 5.41) is 3.40. The molecule has 21 heavy (non-hydrogen) atoms. The number of piperidine rings is 1. The summed E-state index contributed by atoms with van der Waals surface area (Å²) in [4.78, 5) is 14.4. The van der Waals surface area contributed by atoms with Gasteiger partial charge < -0.3 is 15.0 Å². The van der Waals surface area contributed by atoms with Crippen LogP contribution >= 0.6 is 0 Å². The topological polar surface area (TPSA) is 41.6 Å². The van der Waals surface area contributed by atoms with Gasteiger partial charge in [-0.15, -0.1) is 0 Å². The van der Waals surface area contributed by atoms with Gasteiger partial charge in [0, 0.05) is 19.4 Å². The van der Waals surface area contributed by atoms with Crippen LogP contribution in [0.3, 0.4) is 0 Å². The lowest BCUT2D eigenvalue weighted by Gasteiger charge is -2.33. The second-order valence-electron chi connectivity index (χ2n) is 6.75. The standard InChI is InChI=1S/C17H22N2O2/c20-16-10-17(5-7-18-8-6-17)12-19(16)11-14-9-13-3-1-2-4-15(13)21-14/h1-4,14,18H,5-12H2. The predicted octanol–water partition coefficient (Wildman–Crippen LogP) is 1.59. The SMILES string of the molecule is O=C1CC2(CCNCC2)CN1CC1Cc2ccccc2O1. The third kappa shape index (κ3) is 2.42. The zero-order valence-electron chi connectivity index (χ0n) is 12.3. The van der Waals surface area contributed by atoms with Gasteiger partial charge in [-0.3, -0.25) is 4.79 Å². The summed E-state index contributed by atoms with van der Waals surface area (Å²) in [5.41, 5.74) is 1.50. The highest BCUT2D eigenvalue weighted by atomic mass is 16.5. The van der Waals surface area contributed by atoms with E-state index in [4.69, 9.17) is 4.74 Å². The van der Waals surface area contributed by atoms with E-state index in [1.807, 2.05) is 17.0 Å². The molecular weight excluding hydrogens is 264 g/mol. The Morgan fingerprint density at radius 3 is 2.90 bits per heavy atom. The van der Waals surface area contributed by atoms with E-state index in [2.05, 4.69) is 17.4 Å².